The fourth-order valence-corrected chi connectivity index (χ4v) is 1.11. The molecule has 0 unspecified atom stereocenters. The van der Waals surface area contributed by atoms with Crippen LogP contribution in [0.4, 0.5) is 0 Å². The molecule has 0 spiro atoms. The summed E-state index contributed by atoms with van der Waals surface area (Å²) in [5.41, 5.74) is 6.53. The zero-order valence-corrected chi connectivity index (χ0v) is 8.32. The van der Waals surface area contributed by atoms with Gasteiger partial charge in [-0.15, -0.1) is 0 Å². The van der Waals surface area contributed by atoms with Crippen LogP contribution in [0, 0.1) is 0 Å². The first kappa shape index (κ1) is 10.6. The van der Waals surface area contributed by atoms with Gasteiger partial charge in [-0.2, -0.15) is 0 Å². The second-order valence-electron chi connectivity index (χ2n) is 2.79. The molecule has 0 saturated heterocycles. The molecule has 0 saturated carbocycles. The second kappa shape index (κ2) is 5.29. The summed E-state index contributed by atoms with van der Waals surface area (Å²) < 4.78 is 10.6. The summed E-state index contributed by atoms with van der Waals surface area (Å²) in [5.74, 6) is 1.42. The van der Waals surface area contributed by atoms with Crippen molar-refractivity contribution in [2.75, 3.05) is 13.7 Å². The number of hydrogen-bond donors (Lipinski definition) is 1. The summed E-state index contributed by atoms with van der Waals surface area (Å²) in [5, 5.41) is 0. The highest BCUT2D eigenvalue weighted by molar-refractivity contribution is 5.42. The van der Waals surface area contributed by atoms with Crippen LogP contribution in [0.2, 0.25) is 0 Å². The number of methoxy groups -OCH3 is 1. The van der Waals surface area contributed by atoms with E-state index in [2.05, 4.69) is 6.58 Å². The van der Waals surface area contributed by atoms with Gasteiger partial charge in [0.05, 0.1) is 7.11 Å². The Bertz CT molecular complexity index is 310. The molecule has 14 heavy (non-hydrogen) atoms. The maximum Gasteiger partial charge on any atom is 0.161 e. The third kappa shape index (κ3) is 2.50. The second-order valence-corrected chi connectivity index (χ2v) is 2.79. The fourth-order valence-electron chi connectivity index (χ4n) is 1.11. The zero-order valence-electron chi connectivity index (χ0n) is 8.32. The Labute approximate surface area is 84.1 Å². The molecule has 1 aromatic carbocycles. The van der Waals surface area contributed by atoms with Crippen molar-refractivity contribution in [2.45, 2.75) is 6.54 Å². The third-order valence-corrected chi connectivity index (χ3v) is 1.82. The number of nitrogens with two attached hydrogens (primary N) is 1. The Morgan fingerprint density at radius 1 is 1.43 bits per heavy atom. The van der Waals surface area contributed by atoms with Gasteiger partial charge >= 0.3 is 0 Å². The Morgan fingerprint density at radius 2 is 2.21 bits per heavy atom. The number of ether oxygens (including phenoxy) is 2. The predicted octanol–water partition coefficient (Wildman–Crippen LogP) is 1.72. The van der Waals surface area contributed by atoms with Crippen LogP contribution in [0.15, 0.2) is 30.9 Å². The normalized spacial score (nSPS) is 9.57. The van der Waals surface area contributed by atoms with E-state index in [1.54, 1.807) is 13.2 Å². The van der Waals surface area contributed by atoms with Crippen molar-refractivity contribution in [3.8, 4) is 11.5 Å². The largest absolute Gasteiger partial charge is 0.493 e. The summed E-state index contributed by atoms with van der Waals surface area (Å²) in [7, 11) is 1.61. The highest BCUT2D eigenvalue weighted by Crippen LogP contribution is 2.27. The van der Waals surface area contributed by atoms with E-state index in [0.717, 1.165) is 5.56 Å². The third-order valence-electron chi connectivity index (χ3n) is 1.82. The monoisotopic (exact) mass is 193 g/mol. The highest BCUT2D eigenvalue weighted by atomic mass is 16.5. The van der Waals surface area contributed by atoms with Gasteiger partial charge in [-0.1, -0.05) is 18.7 Å². The highest BCUT2D eigenvalue weighted by Gasteiger charge is 2.03. The summed E-state index contributed by atoms with van der Waals surface area (Å²) in [4.78, 5) is 0. The smallest absolute Gasteiger partial charge is 0.161 e. The van der Waals surface area contributed by atoms with Crippen LogP contribution in [0.5, 0.6) is 11.5 Å². The van der Waals surface area contributed by atoms with E-state index in [9.17, 15) is 0 Å². The summed E-state index contributed by atoms with van der Waals surface area (Å²) >= 11 is 0. The van der Waals surface area contributed by atoms with E-state index in [4.69, 9.17) is 15.2 Å². The predicted molar refractivity (Wildman–Crippen MR) is 56.6 cm³/mol. The van der Waals surface area contributed by atoms with E-state index in [1.165, 1.54) is 0 Å². The molecule has 0 atom stereocenters. The molecule has 1 aromatic rings. The van der Waals surface area contributed by atoms with Gasteiger partial charge in [-0.3, -0.25) is 0 Å². The molecule has 0 aromatic heterocycles. The summed E-state index contributed by atoms with van der Waals surface area (Å²) in [6, 6.07) is 5.64. The molecule has 0 fully saturated rings. The van der Waals surface area contributed by atoms with Crippen molar-refractivity contribution in [3.05, 3.63) is 36.4 Å². The molecule has 0 amide bonds. The van der Waals surface area contributed by atoms with E-state index >= 15 is 0 Å². The first-order valence-electron chi connectivity index (χ1n) is 4.42. The van der Waals surface area contributed by atoms with Crippen LogP contribution < -0.4 is 15.2 Å². The number of hydrogen-bond acceptors (Lipinski definition) is 3. The zero-order chi connectivity index (χ0) is 10.4. The lowest BCUT2D eigenvalue weighted by molar-refractivity contribution is 0.326. The lowest BCUT2D eigenvalue weighted by atomic mass is 10.2. The topological polar surface area (TPSA) is 44.5 Å². The molecule has 2 N–H and O–H groups in total. The van der Waals surface area contributed by atoms with Gasteiger partial charge in [0.2, 0.25) is 0 Å². The van der Waals surface area contributed by atoms with Crippen molar-refractivity contribution < 1.29 is 9.47 Å². The molecular formula is C11H15NO2. The minimum absolute atomic E-state index is 0.471. The van der Waals surface area contributed by atoms with Crippen molar-refractivity contribution in [2.24, 2.45) is 5.73 Å². The first-order valence-corrected chi connectivity index (χ1v) is 4.42. The van der Waals surface area contributed by atoms with Gasteiger partial charge in [0, 0.05) is 6.54 Å². The molecule has 3 nitrogen and oxygen atoms in total. The van der Waals surface area contributed by atoms with E-state index in [0.29, 0.717) is 24.7 Å². The van der Waals surface area contributed by atoms with E-state index < -0.39 is 0 Å². The van der Waals surface area contributed by atoms with E-state index in [-0.39, 0.29) is 0 Å². The van der Waals surface area contributed by atoms with Crippen LogP contribution in [0.3, 0.4) is 0 Å². The molecule has 0 aliphatic heterocycles. The van der Waals surface area contributed by atoms with Gasteiger partial charge in [0.15, 0.2) is 11.5 Å². The lowest BCUT2D eigenvalue weighted by Gasteiger charge is -2.10. The summed E-state index contributed by atoms with van der Waals surface area (Å²) in [6.45, 7) is 4.55. The maximum absolute atomic E-state index is 5.51. The summed E-state index contributed by atoms with van der Waals surface area (Å²) in [6.07, 6.45) is 1.69. The van der Waals surface area contributed by atoms with Crippen LogP contribution in [0.1, 0.15) is 5.56 Å². The average Bonchev–Trinajstić information content (AvgIpc) is 2.26. The number of benzene rings is 1. The van der Waals surface area contributed by atoms with Crippen LogP contribution in [-0.4, -0.2) is 13.7 Å². The molecule has 0 radical (unpaired) electrons. The average molecular weight is 193 g/mol. The molecule has 0 bridgehead atoms. The molecule has 3 heteroatoms. The lowest BCUT2D eigenvalue weighted by Crippen LogP contribution is -2.00. The van der Waals surface area contributed by atoms with Crippen molar-refractivity contribution in [3.63, 3.8) is 0 Å². The van der Waals surface area contributed by atoms with Crippen molar-refractivity contribution in [1.29, 1.82) is 0 Å². The quantitative estimate of drug-likeness (QED) is 0.724. The minimum atomic E-state index is 0.471. The van der Waals surface area contributed by atoms with Crippen molar-refractivity contribution in [1.82, 2.24) is 0 Å². The van der Waals surface area contributed by atoms with Gasteiger partial charge < -0.3 is 15.2 Å². The minimum Gasteiger partial charge on any atom is -0.493 e. The SMILES string of the molecule is C=CCOc1ccc(CN)cc1OC. The molecule has 0 heterocycles. The van der Waals surface area contributed by atoms with Crippen LogP contribution in [0.25, 0.3) is 0 Å². The Morgan fingerprint density at radius 3 is 2.79 bits per heavy atom. The maximum atomic E-state index is 5.51. The standard InChI is InChI=1S/C11H15NO2/c1-3-6-14-10-5-4-9(8-12)7-11(10)13-2/h3-5,7H,1,6,8,12H2,2H3. The number of rotatable bonds is 5. The van der Waals surface area contributed by atoms with Crippen LogP contribution in [-0.2, 0) is 6.54 Å². The molecule has 76 valence electrons. The molecule has 0 aliphatic carbocycles. The molecule has 0 aliphatic rings. The van der Waals surface area contributed by atoms with Gasteiger partial charge in [0.1, 0.15) is 6.61 Å². The Balaban J connectivity index is 2.87. The molecule has 1 rings (SSSR count). The first-order chi connectivity index (χ1) is 6.81. The fraction of sp³-hybridized carbons (Fsp3) is 0.273. The van der Waals surface area contributed by atoms with Gasteiger partial charge in [-0.25, -0.2) is 0 Å². The Hall–Kier alpha value is -1.48. The Kier molecular flexibility index (Phi) is 4.01. The van der Waals surface area contributed by atoms with Gasteiger partial charge in [-0.05, 0) is 17.7 Å². The van der Waals surface area contributed by atoms with E-state index in [1.807, 2.05) is 18.2 Å². The molecular weight excluding hydrogens is 178 g/mol. The van der Waals surface area contributed by atoms with Crippen LogP contribution >= 0.6 is 0 Å². The van der Waals surface area contributed by atoms with Gasteiger partial charge in [0.25, 0.3) is 0 Å². The van der Waals surface area contributed by atoms with Crippen molar-refractivity contribution >= 4 is 0 Å².